The third-order valence-corrected chi connectivity index (χ3v) is 9.24. The third kappa shape index (κ3) is 4.12. The number of aromatic amines is 2. The number of carbonyl (C=O) groups excluding carboxylic acids is 2. The Morgan fingerprint density at radius 1 is 0.636 bits per heavy atom. The molecule has 222 valence electrons. The Hall–Kier alpha value is -4.66. The second-order valence-electron chi connectivity index (χ2n) is 11.7. The summed E-state index contributed by atoms with van der Waals surface area (Å²) in [4.78, 5) is 41.1. The molecule has 0 atom stereocenters. The average molecular weight is 626 g/mol. The lowest BCUT2D eigenvalue weighted by atomic mass is 9.97. The summed E-state index contributed by atoms with van der Waals surface area (Å²) in [5.74, 6) is -0.290. The van der Waals surface area contributed by atoms with E-state index < -0.39 is 0 Å². The first-order chi connectivity index (χ1) is 20.9. The van der Waals surface area contributed by atoms with Gasteiger partial charge in [0.05, 0.1) is 11.4 Å². The molecule has 0 unspecified atom stereocenters. The summed E-state index contributed by atoms with van der Waals surface area (Å²) in [6, 6.07) is 16.0. The Bertz CT molecular complexity index is 1990. The van der Waals surface area contributed by atoms with E-state index in [1.807, 2.05) is 86.5 Å². The first-order valence-electron chi connectivity index (χ1n) is 14.1. The molecule has 2 aliphatic heterocycles. The number of carbonyl (C=O) groups is 2. The van der Waals surface area contributed by atoms with Crippen molar-refractivity contribution in [1.82, 2.24) is 9.97 Å². The molecule has 10 heteroatoms. The summed E-state index contributed by atoms with van der Waals surface area (Å²) in [6.07, 6.45) is 3.70. The van der Waals surface area contributed by atoms with Crippen LogP contribution in [0.2, 0.25) is 10.3 Å². The second-order valence-corrected chi connectivity index (χ2v) is 12.4. The van der Waals surface area contributed by atoms with Crippen LogP contribution in [0, 0.1) is 0 Å². The Kier molecular flexibility index (Phi) is 6.35. The van der Waals surface area contributed by atoms with Gasteiger partial charge in [0.15, 0.2) is 0 Å². The Morgan fingerprint density at radius 3 is 1.43 bits per heavy atom. The van der Waals surface area contributed by atoms with E-state index in [9.17, 15) is 9.59 Å². The van der Waals surface area contributed by atoms with Gasteiger partial charge >= 0.3 is 0 Å². The highest BCUT2D eigenvalue weighted by Crippen LogP contribution is 2.47. The molecule has 2 amide bonds. The number of nitrogens with one attached hydrogen (secondary N) is 2. The van der Waals surface area contributed by atoms with Crippen LogP contribution in [0.1, 0.15) is 22.3 Å². The molecule has 5 aromatic rings. The van der Waals surface area contributed by atoms with Crippen LogP contribution in [0.15, 0.2) is 48.5 Å². The number of benzene rings is 3. The van der Waals surface area contributed by atoms with Crippen LogP contribution in [-0.4, -0.2) is 64.1 Å². The van der Waals surface area contributed by atoms with Gasteiger partial charge in [0, 0.05) is 109 Å². The number of nitrogens with zero attached hydrogens (tertiary/aromatic N) is 4. The lowest BCUT2D eigenvalue weighted by Crippen LogP contribution is -2.22. The van der Waals surface area contributed by atoms with Gasteiger partial charge < -0.3 is 29.6 Å². The standard InChI is InChI=1S/C34H30Cl2N6O2/c1-39(2)17-7-9-27-19(11-17)23(31(35)37-27)14-25-21-13-22-26(34(44)42(6)30(22)16-29(21)41(5)33(25)43)15-24-20-12-18(40(3)4)8-10-28(20)38-32(24)36/h7-16,37-38H,1-6H3/b25-14+,26-15+. The van der Waals surface area contributed by atoms with Gasteiger partial charge in [-0.05, 0) is 60.7 Å². The van der Waals surface area contributed by atoms with E-state index in [1.165, 1.54) is 0 Å². The zero-order chi connectivity index (χ0) is 31.2. The number of hydrogen-bond donors (Lipinski definition) is 2. The van der Waals surface area contributed by atoms with Crippen LogP contribution < -0.4 is 19.6 Å². The van der Waals surface area contributed by atoms with Gasteiger partial charge in [-0.1, -0.05) is 23.2 Å². The average Bonchev–Trinajstić information content (AvgIpc) is 3.63. The molecule has 2 aromatic heterocycles. The molecular formula is C34H30Cl2N6O2. The Morgan fingerprint density at radius 2 is 1.05 bits per heavy atom. The summed E-state index contributed by atoms with van der Waals surface area (Å²) < 4.78 is 0. The van der Waals surface area contributed by atoms with Crippen molar-refractivity contribution in [3.63, 3.8) is 0 Å². The number of anilines is 4. The summed E-state index contributed by atoms with van der Waals surface area (Å²) in [7, 11) is 11.4. The molecule has 4 heterocycles. The molecule has 0 radical (unpaired) electrons. The molecule has 0 bridgehead atoms. The number of H-pyrrole nitrogens is 2. The maximum absolute atomic E-state index is 13.7. The predicted octanol–water partition coefficient (Wildman–Crippen LogP) is 7.12. The second kappa shape index (κ2) is 9.94. The Labute approximate surface area is 264 Å². The SMILES string of the molecule is CN(C)c1ccc2[nH]c(Cl)c(/C=C3/C(=O)N(C)c4cc5c(cc43)/C(=C\c3c(Cl)[nH]c4ccc(N(C)C)cc34)C(=O)N5C)c2c1. The van der Waals surface area contributed by atoms with Gasteiger partial charge in [0.1, 0.15) is 10.3 Å². The zero-order valence-electron chi connectivity index (χ0n) is 25.1. The first-order valence-corrected chi connectivity index (χ1v) is 14.9. The third-order valence-electron chi connectivity index (χ3n) is 8.65. The van der Waals surface area contributed by atoms with Gasteiger partial charge in [-0.15, -0.1) is 0 Å². The van der Waals surface area contributed by atoms with Crippen molar-refractivity contribution in [1.29, 1.82) is 0 Å². The van der Waals surface area contributed by atoms with Gasteiger partial charge in [-0.2, -0.15) is 0 Å². The van der Waals surface area contributed by atoms with Crippen molar-refractivity contribution in [3.05, 3.63) is 81.1 Å². The maximum atomic E-state index is 13.7. The minimum Gasteiger partial charge on any atom is -0.378 e. The van der Waals surface area contributed by atoms with Crippen LogP contribution in [0.4, 0.5) is 22.7 Å². The molecule has 7 rings (SSSR count). The van der Waals surface area contributed by atoms with Gasteiger partial charge in [0.25, 0.3) is 11.8 Å². The summed E-state index contributed by atoms with van der Waals surface area (Å²) in [5.41, 5.74) is 9.21. The summed E-state index contributed by atoms with van der Waals surface area (Å²) in [5, 5.41) is 2.74. The quantitative estimate of drug-likeness (QED) is 0.209. The van der Waals surface area contributed by atoms with Crippen molar-refractivity contribution >= 4 is 103 Å². The van der Waals surface area contributed by atoms with Crippen molar-refractivity contribution in [3.8, 4) is 0 Å². The van der Waals surface area contributed by atoms with Crippen molar-refractivity contribution < 1.29 is 9.59 Å². The predicted molar refractivity (Wildman–Crippen MR) is 184 cm³/mol. The lowest BCUT2D eigenvalue weighted by Gasteiger charge is -2.14. The smallest absolute Gasteiger partial charge is 0.258 e. The number of amides is 2. The van der Waals surface area contributed by atoms with E-state index in [0.717, 1.165) is 66.8 Å². The van der Waals surface area contributed by atoms with Crippen LogP contribution in [0.25, 0.3) is 45.1 Å². The van der Waals surface area contributed by atoms with Crippen LogP contribution in [-0.2, 0) is 9.59 Å². The maximum Gasteiger partial charge on any atom is 0.258 e. The Balaban J connectivity index is 1.41. The fraction of sp³-hybridized carbons (Fsp3) is 0.176. The van der Waals surface area contributed by atoms with E-state index in [4.69, 9.17) is 23.2 Å². The molecule has 0 aliphatic carbocycles. The molecule has 0 saturated carbocycles. The van der Waals surface area contributed by atoms with Crippen LogP contribution in [0.3, 0.4) is 0 Å². The molecule has 0 fully saturated rings. The minimum atomic E-state index is -0.145. The fourth-order valence-corrected chi connectivity index (χ4v) is 6.63. The number of aromatic nitrogens is 2. The first kappa shape index (κ1) is 28.1. The zero-order valence-corrected chi connectivity index (χ0v) is 26.6. The molecule has 44 heavy (non-hydrogen) atoms. The van der Waals surface area contributed by atoms with E-state index in [1.54, 1.807) is 23.9 Å². The molecule has 2 aliphatic rings. The molecule has 2 N–H and O–H groups in total. The highest BCUT2D eigenvalue weighted by Gasteiger charge is 2.37. The summed E-state index contributed by atoms with van der Waals surface area (Å²) in [6.45, 7) is 0. The highest BCUT2D eigenvalue weighted by molar-refractivity contribution is 6.41. The fourth-order valence-electron chi connectivity index (χ4n) is 6.12. The van der Waals surface area contributed by atoms with Crippen molar-refractivity contribution in [2.75, 3.05) is 61.9 Å². The van der Waals surface area contributed by atoms with Gasteiger partial charge in [-0.25, -0.2) is 0 Å². The van der Waals surface area contributed by atoms with Gasteiger partial charge in [0.2, 0.25) is 0 Å². The molecule has 0 spiro atoms. The molecular weight excluding hydrogens is 595 g/mol. The molecule has 0 saturated heterocycles. The normalized spacial score (nSPS) is 16.3. The molecule has 3 aromatic carbocycles. The van der Waals surface area contributed by atoms with Crippen molar-refractivity contribution in [2.24, 2.45) is 0 Å². The molecule has 8 nitrogen and oxygen atoms in total. The number of fused-ring (bicyclic) bond motifs is 4. The minimum absolute atomic E-state index is 0.145. The number of rotatable bonds is 4. The van der Waals surface area contributed by atoms with Crippen LogP contribution in [0.5, 0.6) is 0 Å². The highest BCUT2D eigenvalue weighted by atomic mass is 35.5. The van der Waals surface area contributed by atoms with E-state index in [2.05, 4.69) is 22.1 Å². The summed E-state index contributed by atoms with van der Waals surface area (Å²) >= 11 is 13.4. The topological polar surface area (TPSA) is 78.7 Å². The van der Waals surface area contributed by atoms with E-state index >= 15 is 0 Å². The van der Waals surface area contributed by atoms with E-state index in [0.29, 0.717) is 21.5 Å². The lowest BCUT2D eigenvalue weighted by molar-refractivity contribution is -0.113. The van der Waals surface area contributed by atoms with Crippen LogP contribution >= 0.6 is 23.2 Å². The van der Waals surface area contributed by atoms with E-state index in [-0.39, 0.29) is 11.8 Å². The monoisotopic (exact) mass is 624 g/mol. The largest absolute Gasteiger partial charge is 0.378 e. The number of halogens is 2. The number of likely N-dealkylation sites (N-methyl/N-ethyl adjacent to an activating group) is 2. The number of hydrogen-bond acceptors (Lipinski definition) is 4. The van der Waals surface area contributed by atoms with Gasteiger partial charge in [-0.3, -0.25) is 9.59 Å². The van der Waals surface area contributed by atoms with Crippen molar-refractivity contribution in [2.45, 2.75) is 0 Å².